The van der Waals surface area contributed by atoms with E-state index in [1.54, 1.807) is 14.0 Å². The Balaban J connectivity index is 2.39. The molecular weight excluding hydrogens is 368 g/mol. The molecule has 0 saturated carbocycles. The van der Waals surface area contributed by atoms with Crippen molar-refractivity contribution in [3.05, 3.63) is 59.7 Å². The SMILES string of the molecule is COC[C@H](C)Nc1ccc(C(=O)O)cc1S(=O)(=O)N[C@@H](C)c1ccccc1. The van der Waals surface area contributed by atoms with Crippen molar-refractivity contribution in [2.45, 2.75) is 30.8 Å². The first-order chi connectivity index (χ1) is 12.7. The fraction of sp³-hybridized carbons (Fsp3) is 0.316. The van der Waals surface area contributed by atoms with Crippen molar-refractivity contribution in [2.75, 3.05) is 19.0 Å². The van der Waals surface area contributed by atoms with Gasteiger partial charge in [-0.15, -0.1) is 0 Å². The average Bonchev–Trinajstić information content (AvgIpc) is 2.62. The lowest BCUT2D eigenvalue weighted by molar-refractivity contribution is 0.0696. The third-order valence-electron chi connectivity index (χ3n) is 3.97. The van der Waals surface area contributed by atoms with Gasteiger partial charge in [0, 0.05) is 19.2 Å². The molecule has 0 spiro atoms. The molecule has 2 aromatic carbocycles. The van der Waals surface area contributed by atoms with Crippen LogP contribution in [0.2, 0.25) is 0 Å². The summed E-state index contributed by atoms with van der Waals surface area (Å²) in [4.78, 5) is 11.2. The van der Waals surface area contributed by atoms with E-state index in [1.807, 2.05) is 37.3 Å². The first kappa shape index (κ1) is 20.9. The van der Waals surface area contributed by atoms with Crippen LogP contribution in [-0.4, -0.2) is 39.3 Å². The summed E-state index contributed by atoms with van der Waals surface area (Å²) in [7, 11) is -2.42. The predicted molar refractivity (Wildman–Crippen MR) is 104 cm³/mol. The minimum Gasteiger partial charge on any atom is -0.478 e. The van der Waals surface area contributed by atoms with Gasteiger partial charge < -0.3 is 15.2 Å². The van der Waals surface area contributed by atoms with E-state index in [2.05, 4.69) is 10.0 Å². The summed E-state index contributed by atoms with van der Waals surface area (Å²) in [5.41, 5.74) is 1.02. The number of hydrogen-bond acceptors (Lipinski definition) is 5. The van der Waals surface area contributed by atoms with Crippen LogP contribution in [0.15, 0.2) is 53.4 Å². The van der Waals surface area contributed by atoms with Crippen molar-refractivity contribution in [2.24, 2.45) is 0 Å². The van der Waals surface area contributed by atoms with Gasteiger partial charge in [-0.3, -0.25) is 0 Å². The number of anilines is 1. The zero-order valence-electron chi connectivity index (χ0n) is 15.5. The number of rotatable bonds is 9. The highest BCUT2D eigenvalue weighted by molar-refractivity contribution is 7.89. The van der Waals surface area contributed by atoms with Gasteiger partial charge in [-0.2, -0.15) is 0 Å². The fourth-order valence-corrected chi connectivity index (χ4v) is 4.09. The van der Waals surface area contributed by atoms with E-state index in [1.165, 1.54) is 12.1 Å². The number of aromatic carboxylic acids is 1. The highest BCUT2D eigenvalue weighted by atomic mass is 32.2. The molecule has 8 heteroatoms. The Kier molecular flexibility index (Phi) is 6.95. The number of sulfonamides is 1. The number of nitrogens with one attached hydrogen (secondary N) is 2. The van der Waals surface area contributed by atoms with Crippen molar-refractivity contribution in [1.29, 1.82) is 0 Å². The third kappa shape index (κ3) is 5.53. The first-order valence-electron chi connectivity index (χ1n) is 8.44. The van der Waals surface area contributed by atoms with E-state index >= 15 is 0 Å². The number of ether oxygens (including phenoxy) is 1. The fourth-order valence-electron chi connectivity index (χ4n) is 2.66. The Morgan fingerprint density at radius 3 is 2.41 bits per heavy atom. The van der Waals surface area contributed by atoms with Crippen LogP contribution < -0.4 is 10.0 Å². The molecule has 146 valence electrons. The molecule has 2 rings (SSSR count). The topological polar surface area (TPSA) is 105 Å². The van der Waals surface area contributed by atoms with E-state index in [-0.39, 0.29) is 16.5 Å². The normalized spacial score (nSPS) is 13.7. The number of hydrogen-bond donors (Lipinski definition) is 3. The van der Waals surface area contributed by atoms with E-state index < -0.39 is 22.0 Å². The molecule has 7 nitrogen and oxygen atoms in total. The lowest BCUT2D eigenvalue weighted by Crippen LogP contribution is -2.29. The van der Waals surface area contributed by atoms with Crippen LogP contribution in [-0.2, 0) is 14.8 Å². The Hall–Kier alpha value is -2.42. The highest BCUT2D eigenvalue weighted by Gasteiger charge is 2.24. The molecule has 0 saturated heterocycles. The molecule has 0 fully saturated rings. The van der Waals surface area contributed by atoms with Gasteiger partial charge in [0.1, 0.15) is 4.90 Å². The second-order valence-electron chi connectivity index (χ2n) is 6.27. The van der Waals surface area contributed by atoms with Crippen LogP contribution in [0.5, 0.6) is 0 Å². The van der Waals surface area contributed by atoms with Gasteiger partial charge in [-0.1, -0.05) is 30.3 Å². The van der Waals surface area contributed by atoms with Crippen molar-refractivity contribution in [1.82, 2.24) is 4.72 Å². The summed E-state index contributed by atoms with van der Waals surface area (Å²) in [6.07, 6.45) is 0. The minimum absolute atomic E-state index is 0.104. The van der Waals surface area contributed by atoms with Gasteiger partial charge in [-0.25, -0.2) is 17.9 Å². The summed E-state index contributed by atoms with van der Waals surface area (Å²) < 4.78 is 33.6. The molecule has 27 heavy (non-hydrogen) atoms. The van der Waals surface area contributed by atoms with Crippen LogP contribution in [0, 0.1) is 0 Å². The standard InChI is InChI=1S/C19H24N2O5S/c1-13(12-26-3)20-17-10-9-16(19(22)23)11-18(17)27(24,25)21-14(2)15-7-5-4-6-8-15/h4-11,13-14,20-21H,12H2,1-3H3,(H,22,23)/t13-,14-/m0/s1. The van der Waals surface area contributed by atoms with E-state index in [9.17, 15) is 18.3 Å². The Morgan fingerprint density at radius 2 is 1.81 bits per heavy atom. The van der Waals surface area contributed by atoms with Gasteiger partial charge in [0.2, 0.25) is 10.0 Å². The van der Waals surface area contributed by atoms with Gasteiger partial charge in [0.05, 0.1) is 17.9 Å². The molecule has 2 atom stereocenters. The van der Waals surface area contributed by atoms with Crippen molar-refractivity contribution >= 4 is 21.7 Å². The molecule has 2 aromatic rings. The monoisotopic (exact) mass is 392 g/mol. The largest absolute Gasteiger partial charge is 0.478 e. The van der Waals surface area contributed by atoms with Crippen molar-refractivity contribution < 1.29 is 23.1 Å². The van der Waals surface area contributed by atoms with Gasteiger partial charge in [0.15, 0.2) is 0 Å². The summed E-state index contributed by atoms with van der Waals surface area (Å²) in [6.45, 7) is 3.94. The molecule has 0 aliphatic carbocycles. The van der Waals surface area contributed by atoms with E-state index in [4.69, 9.17) is 4.74 Å². The molecule has 0 amide bonds. The summed E-state index contributed by atoms with van der Waals surface area (Å²) >= 11 is 0. The summed E-state index contributed by atoms with van der Waals surface area (Å²) in [5, 5.41) is 12.3. The number of benzene rings is 2. The minimum atomic E-state index is -3.97. The molecule has 0 radical (unpaired) electrons. The molecule has 0 aliphatic rings. The lowest BCUT2D eigenvalue weighted by Gasteiger charge is -2.20. The van der Waals surface area contributed by atoms with Crippen LogP contribution in [0.3, 0.4) is 0 Å². The molecule has 0 aliphatic heterocycles. The number of carbonyl (C=O) groups is 1. The molecule has 0 bridgehead atoms. The molecule has 3 N–H and O–H groups in total. The smallest absolute Gasteiger partial charge is 0.335 e. The zero-order valence-corrected chi connectivity index (χ0v) is 16.3. The second kappa shape index (κ2) is 8.98. The molecular formula is C19H24N2O5S. The van der Waals surface area contributed by atoms with Crippen LogP contribution in [0.4, 0.5) is 5.69 Å². The Labute approximate surface area is 159 Å². The van der Waals surface area contributed by atoms with Crippen molar-refractivity contribution in [3.8, 4) is 0 Å². The summed E-state index contributed by atoms with van der Waals surface area (Å²) in [5.74, 6) is -1.20. The van der Waals surface area contributed by atoms with E-state index in [0.29, 0.717) is 12.3 Å². The third-order valence-corrected chi connectivity index (χ3v) is 5.55. The molecule has 0 heterocycles. The Bertz CT molecular complexity index is 884. The number of carboxylic acid groups (broad SMARTS) is 1. The quantitative estimate of drug-likeness (QED) is 0.606. The maximum Gasteiger partial charge on any atom is 0.335 e. The number of carboxylic acids is 1. The predicted octanol–water partition coefficient (Wildman–Crippen LogP) is 2.87. The van der Waals surface area contributed by atoms with Gasteiger partial charge in [-0.05, 0) is 37.6 Å². The summed E-state index contributed by atoms with van der Waals surface area (Å²) in [6, 6.07) is 12.5. The van der Waals surface area contributed by atoms with E-state index in [0.717, 1.165) is 11.6 Å². The zero-order chi connectivity index (χ0) is 20.0. The highest BCUT2D eigenvalue weighted by Crippen LogP contribution is 2.26. The second-order valence-corrected chi connectivity index (χ2v) is 7.95. The number of methoxy groups -OCH3 is 1. The maximum atomic E-state index is 13.0. The van der Waals surface area contributed by atoms with Crippen LogP contribution >= 0.6 is 0 Å². The average molecular weight is 392 g/mol. The van der Waals surface area contributed by atoms with Crippen molar-refractivity contribution in [3.63, 3.8) is 0 Å². The maximum absolute atomic E-state index is 13.0. The first-order valence-corrected chi connectivity index (χ1v) is 9.93. The van der Waals surface area contributed by atoms with Crippen LogP contribution in [0.25, 0.3) is 0 Å². The lowest BCUT2D eigenvalue weighted by atomic mass is 10.1. The Morgan fingerprint density at radius 1 is 1.15 bits per heavy atom. The van der Waals surface area contributed by atoms with Gasteiger partial charge >= 0.3 is 5.97 Å². The van der Waals surface area contributed by atoms with Crippen LogP contribution in [0.1, 0.15) is 35.8 Å². The molecule has 0 aromatic heterocycles. The van der Waals surface area contributed by atoms with Gasteiger partial charge in [0.25, 0.3) is 0 Å². The molecule has 0 unspecified atom stereocenters.